The quantitative estimate of drug-likeness (QED) is 0.316. The number of aromatic nitrogens is 2. The fourth-order valence-corrected chi connectivity index (χ4v) is 2.28. The second-order valence-electron chi connectivity index (χ2n) is 4.40. The fourth-order valence-electron chi connectivity index (χ4n) is 1.43. The Balaban J connectivity index is 2.92. The molecule has 0 spiro atoms. The Kier molecular flexibility index (Phi) is 6.04. The van der Waals surface area contributed by atoms with Crippen LogP contribution in [0.3, 0.4) is 0 Å². The van der Waals surface area contributed by atoms with Crippen LogP contribution in [0.5, 0.6) is 0 Å². The van der Waals surface area contributed by atoms with E-state index in [4.69, 9.17) is 5.84 Å². The molecule has 0 bridgehead atoms. The number of amides is 1. The summed E-state index contributed by atoms with van der Waals surface area (Å²) in [4.78, 5) is 20.3. The van der Waals surface area contributed by atoms with Crippen molar-refractivity contribution in [3.8, 4) is 0 Å². The van der Waals surface area contributed by atoms with Crippen molar-refractivity contribution in [3.63, 3.8) is 0 Å². The van der Waals surface area contributed by atoms with Crippen LogP contribution in [0.4, 0.5) is 5.82 Å². The van der Waals surface area contributed by atoms with Crippen molar-refractivity contribution >= 4 is 23.5 Å². The average molecular weight is 283 g/mol. The molecular formula is C12H21N5OS. The lowest BCUT2D eigenvalue weighted by Gasteiger charge is -2.13. The molecule has 0 saturated heterocycles. The summed E-state index contributed by atoms with van der Waals surface area (Å²) in [6.07, 6.45) is 0. The Labute approximate surface area is 117 Å². The van der Waals surface area contributed by atoms with Crippen molar-refractivity contribution in [3.05, 3.63) is 11.4 Å². The van der Waals surface area contributed by atoms with Gasteiger partial charge in [-0.25, -0.2) is 15.8 Å². The molecule has 0 aliphatic carbocycles. The summed E-state index contributed by atoms with van der Waals surface area (Å²) >= 11 is 1.40. The zero-order valence-corrected chi connectivity index (χ0v) is 12.6. The molecule has 0 atom stereocenters. The Hall–Kier alpha value is -1.34. The molecule has 7 heteroatoms. The van der Waals surface area contributed by atoms with Crippen molar-refractivity contribution in [1.29, 1.82) is 0 Å². The highest BCUT2D eigenvalue weighted by Gasteiger charge is 2.14. The number of rotatable bonds is 6. The molecule has 1 aromatic rings. The van der Waals surface area contributed by atoms with E-state index in [1.54, 1.807) is 0 Å². The molecule has 1 aromatic heterocycles. The van der Waals surface area contributed by atoms with Gasteiger partial charge in [-0.2, -0.15) is 0 Å². The standard InChI is InChI=1S/C12H21N5OS/c1-5-14-9(18)6-19-12-8(4)11(17-13)15-10(16-12)7(2)3/h7H,5-6,13H2,1-4H3,(H,14,18)(H,15,16,17). The van der Waals surface area contributed by atoms with E-state index in [1.165, 1.54) is 11.8 Å². The molecule has 1 amide bonds. The third-order valence-electron chi connectivity index (χ3n) is 2.49. The zero-order valence-electron chi connectivity index (χ0n) is 11.8. The molecule has 1 heterocycles. The maximum Gasteiger partial charge on any atom is 0.230 e. The molecule has 0 unspecified atom stereocenters. The summed E-state index contributed by atoms with van der Waals surface area (Å²) in [6.45, 7) is 8.45. The van der Waals surface area contributed by atoms with E-state index >= 15 is 0 Å². The van der Waals surface area contributed by atoms with Gasteiger partial charge in [0.1, 0.15) is 16.7 Å². The zero-order chi connectivity index (χ0) is 14.4. The first kappa shape index (κ1) is 15.7. The van der Waals surface area contributed by atoms with Crippen LogP contribution in [-0.4, -0.2) is 28.2 Å². The molecule has 19 heavy (non-hydrogen) atoms. The molecule has 0 aromatic carbocycles. The normalized spacial score (nSPS) is 10.6. The van der Waals surface area contributed by atoms with Crippen LogP contribution in [-0.2, 0) is 4.79 Å². The number of nitrogens with zero attached hydrogens (tertiary/aromatic N) is 2. The second-order valence-corrected chi connectivity index (χ2v) is 5.37. The first-order valence-electron chi connectivity index (χ1n) is 6.24. The Bertz CT molecular complexity index is 450. The van der Waals surface area contributed by atoms with Crippen molar-refractivity contribution < 1.29 is 4.79 Å². The number of carbonyl (C=O) groups excluding carboxylic acids is 1. The van der Waals surface area contributed by atoms with Crippen LogP contribution >= 0.6 is 11.8 Å². The lowest BCUT2D eigenvalue weighted by atomic mass is 10.2. The SMILES string of the molecule is CCNC(=O)CSc1nc(C(C)C)nc(NN)c1C. The van der Waals surface area contributed by atoms with Gasteiger partial charge >= 0.3 is 0 Å². The van der Waals surface area contributed by atoms with Crippen molar-refractivity contribution in [2.24, 2.45) is 5.84 Å². The number of hydrazine groups is 1. The lowest BCUT2D eigenvalue weighted by molar-refractivity contribution is -0.118. The van der Waals surface area contributed by atoms with Crippen molar-refractivity contribution in [2.75, 3.05) is 17.7 Å². The van der Waals surface area contributed by atoms with E-state index in [2.05, 4.69) is 20.7 Å². The van der Waals surface area contributed by atoms with Crippen LogP contribution in [0.25, 0.3) is 0 Å². The lowest BCUT2D eigenvalue weighted by Crippen LogP contribution is -2.24. The molecule has 0 fully saturated rings. The number of nitrogen functional groups attached to an aromatic ring is 1. The third kappa shape index (κ3) is 4.36. The number of anilines is 1. The van der Waals surface area contributed by atoms with Gasteiger partial charge in [-0.3, -0.25) is 4.79 Å². The molecule has 4 N–H and O–H groups in total. The van der Waals surface area contributed by atoms with E-state index in [-0.39, 0.29) is 11.8 Å². The van der Waals surface area contributed by atoms with Gasteiger partial charge in [0.25, 0.3) is 0 Å². The smallest absolute Gasteiger partial charge is 0.230 e. The Morgan fingerprint density at radius 3 is 2.63 bits per heavy atom. The maximum atomic E-state index is 11.5. The van der Waals surface area contributed by atoms with Crippen LogP contribution < -0.4 is 16.6 Å². The molecule has 0 aliphatic heterocycles. The minimum Gasteiger partial charge on any atom is -0.356 e. The molecule has 0 aliphatic rings. The highest BCUT2D eigenvalue weighted by molar-refractivity contribution is 7.99. The van der Waals surface area contributed by atoms with Gasteiger partial charge in [-0.15, -0.1) is 0 Å². The molecular weight excluding hydrogens is 262 g/mol. The van der Waals surface area contributed by atoms with Gasteiger partial charge in [-0.1, -0.05) is 25.6 Å². The van der Waals surface area contributed by atoms with Crippen LogP contribution in [0, 0.1) is 6.92 Å². The summed E-state index contributed by atoms with van der Waals surface area (Å²) in [5, 5.41) is 3.55. The highest BCUT2D eigenvalue weighted by Crippen LogP contribution is 2.26. The van der Waals surface area contributed by atoms with Gasteiger partial charge < -0.3 is 10.7 Å². The first-order valence-corrected chi connectivity index (χ1v) is 7.22. The van der Waals surface area contributed by atoms with E-state index in [0.717, 1.165) is 16.4 Å². The summed E-state index contributed by atoms with van der Waals surface area (Å²) in [7, 11) is 0. The van der Waals surface area contributed by atoms with Gasteiger partial charge in [0.2, 0.25) is 5.91 Å². The minimum absolute atomic E-state index is 0.00105. The third-order valence-corrected chi connectivity index (χ3v) is 3.56. The number of hydrogen-bond donors (Lipinski definition) is 3. The fraction of sp³-hybridized carbons (Fsp3) is 0.583. The topological polar surface area (TPSA) is 92.9 Å². The van der Waals surface area contributed by atoms with Crippen LogP contribution in [0.1, 0.15) is 38.1 Å². The Morgan fingerprint density at radius 1 is 1.42 bits per heavy atom. The number of nitrogens with two attached hydrogens (primary N) is 1. The van der Waals surface area contributed by atoms with E-state index in [1.807, 2.05) is 27.7 Å². The number of thioether (sulfide) groups is 1. The number of hydrogen-bond acceptors (Lipinski definition) is 6. The first-order chi connectivity index (χ1) is 8.99. The van der Waals surface area contributed by atoms with Crippen molar-refractivity contribution in [2.45, 2.75) is 38.6 Å². The van der Waals surface area contributed by atoms with Gasteiger partial charge in [-0.05, 0) is 13.8 Å². The monoisotopic (exact) mass is 283 g/mol. The predicted octanol–water partition coefficient (Wildman–Crippen LogP) is 1.42. The van der Waals surface area contributed by atoms with Crippen molar-refractivity contribution in [1.82, 2.24) is 15.3 Å². The van der Waals surface area contributed by atoms with E-state index in [9.17, 15) is 4.79 Å². The van der Waals surface area contributed by atoms with Gasteiger partial charge in [0.15, 0.2) is 0 Å². The Morgan fingerprint density at radius 2 is 2.11 bits per heavy atom. The maximum absolute atomic E-state index is 11.5. The highest BCUT2D eigenvalue weighted by atomic mass is 32.2. The minimum atomic E-state index is -0.00105. The van der Waals surface area contributed by atoms with Gasteiger partial charge in [0.05, 0.1) is 5.75 Å². The molecule has 1 rings (SSSR count). The van der Waals surface area contributed by atoms with E-state index in [0.29, 0.717) is 18.1 Å². The second kappa shape index (κ2) is 7.30. The van der Waals surface area contributed by atoms with Crippen LogP contribution in [0.15, 0.2) is 5.03 Å². The summed E-state index contributed by atoms with van der Waals surface area (Å²) in [6, 6.07) is 0. The summed E-state index contributed by atoms with van der Waals surface area (Å²) in [5.41, 5.74) is 3.44. The number of nitrogens with one attached hydrogen (secondary N) is 2. The van der Waals surface area contributed by atoms with Crippen LogP contribution in [0.2, 0.25) is 0 Å². The summed E-state index contributed by atoms with van der Waals surface area (Å²) < 4.78 is 0. The summed E-state index contributed by atoms with van der Waals surface area (Å²) in [5.74, 6) is 7.34. The molecule has 106 valence electrons. The molecule has 6 nitrogen and oxygen atoms in total. The predicted molar refractivity (Wildman–Crippen MR) is 78.1 cm³/mol. The molecule has 0 radical (unpaired) electrons. The largest absolute Gasteiger partial charge is 0.356 e. The van der Waals surface area contributed by atoms with Gasteiger partial charge in [0, 0.05) is 18.0 Å². The van der Waals surface area contributed by atoms with E-state index < -0.39 is 0 Å². The average Bonchev–Trinajstić information content (AvgIpc) is 2.37. The molecule has 0 saturated carbocycles. The number of carbonyl (C=O) groups is 1.